The molecule has 4 nitrogen and oxygen atoms in total. The lowest BCUT2D eigenvalue weighted by Crippen LogP contribution is -2.17. The fraction of sp³-hybridized carbons (Fsp3) is 0.818. The molecular weight excluding hydrogens is 188 g/mol. The van der Waals surface area contributed by atoms with E-state index in [-0.39, 0.29) is 0 Å². The predicted octanol–water partition coefficient (Wildman–Crippen LogP) is 1.89. The van der Waals surface area contributed by atoms with Crippen molar-refractivity contribution in [3.63, 3.8) is 0 Å². The van der Waals surface area contributed by atoms with Crippen molar-refractivity contribution >= 4 is 0 Å². The minimum absolute atomic E-state index is 0.507. The van der Waals surface area contributed by atoms with Gasteiger partial charge in [0.1, 0.15) is 6.33 Å². The van der Waals surface area contributed by atoms with Gasteiger partial charge in [0.25, 0.3) is 0 Å². The van der Waals surface area contributed by atoms with E-state index in [1.807, 2.05) is 11.0 Å². The van der Waals surface area contributed by atoms with Gasteiger partial charge in [0.05, 0.1) is 12.6 Å². The highest BCUT2D eigenvalue weighted by Gasteiger charge is 2.20. The quantitative estimate of drug-likeness (QED) is 0.776. The molecule has 15 heavy (non-hydrogen) atoms. The molecule has 1 N–H and O–H groups in total. The fourth-order valence-electron chi connectivity index (χ4n) is 1.75. The minimum atomic E-state index is 0.507. The molecular formula is C11H20N4. The SMILES string of the molecule is CCC(CC)n1cnc(CNC2CC2)n1. The molecule has 0 unspecified atom stereocenters. The van der Waals surface area contributed by atoms with Crippen LogP contribution in [0, 0.1) is 0 Å². The van der Waals surface area contributed by atoms with Crippen molar-refractivity contribution in [1.29, 1.82) is 0 Å². The topological polar surface area (TPSA) is 42.7 Å². The molecule has 0 atom stereocenters. The first-order chi connectivity index (χ1) is 7.33. The number of rotatable bonds is 6. The molecule has 4 heteroatoms. The first-order valence-corrected chi connectivity index (χ1v) is 5.96. The van der Waals surface area contributed by atoms with Gasteiger partial charge in [0.15, 0.2) is 5.82 Å². The summed E-state index contributed by atoms with van der Waals surface area (Å²) in [5.74, 6) is 0.925. The summed E-state index contributed by atoms with van der Waals surface area (Å²) < 4.78 is 2.00. The van der Waals surface area contributed by atoms with Gasteiger partial charge in [-0.3, -0.25) is 0 Å². The molecule has 1 heterocycles. The Bertz CT molecular complexity index is 299. The van der Waals surface area contributed by atoms with E-state index in [0.29, 0.717) is 6.04 Å². The summed E-state index contributed by atoms with van der Waals surface area (Å²) in [5, 5.41) is 7.92. The normalized spacial score (nSPS) is 16.2. The Hall–Kier alpha value is -0.900. The summed E-state index contributed by atoms with van der Waals surface area (Å²) in [7, 11) is 0. The Labute approximate surface area is 91.1 Å². The summed E-state index contributed by atoms with van der Waals surface area (Å²) in [6.07, 6.45) is 6.73. The van der Waals surface area contributed by atoms with Crippen LogP contribution in [0.1, 0.15) is 51.4 Å². The van der Waals surface area contributed by atoms with Crippen LogP contribution in [0.2, 0.25) is 0 Å². The number of nitrogens with zero attached hydrogens (tertiary/aromatic N) is 3. The largest absolute Gasteiger partial charge is 0.307 e. The van der Waals surface area contributed by atoms with Gasteiger partial charge < -0.3 is 5.32 Å². The van der Waals surface area contributed by atoms with Crippen LogP contribution in [-0.4, -0.2) is 20.8 Å². The van der Waals surface area contributed by atoms with Crippen molar-refractivity contribution in [3.8, 4) is 0 Å². The molecule has 0 spiro atoms. The zero-order chi connectivity index (χ0) is 10.7. The van der Waals surface area contributed by atoms with Crippen molar-refractivity contribution in [2.75, 3.05) is 0 Å². The van der Waals surface area contributed by atoms with Gasteiger partial charge in [0, 0.05) is 6.04 Å². The van der Waals surface area contributed by atoms with Crippen molar-refractivity contribution in [2.24, 2.45) is 0 Å². The van der Waals surface area contributed by atoms with Gasteiger partial charge in [-0.15, -0.1) is 0 Å². The summed E-state index contributed by atoms with van der Waals surface area (Å²) in [5.41, 5.74) is 0. The highest BCUT2D eigenvalue weighted by Crippen LogP contribution is 2.19. The van der Waals surface area contributed by atoms with Crippen LogP contribution in [0.3, 0.4) is 0 Å². The van der Waals surface area contributed by atoms with E-state index in [0.717, 1.165) is 31.3 Å². The summed E-state index contributed by atoms with van der Waals surface area (Å²) in [6, 6.07) is 1.23. The van der Waals surface area contributed by atoms with E-state index in [9.17, 15) is 0 Å². The molecule has 0 saturated heterocycles. The molecule has 1 saturated carbocycles. The van der Waals surface area contributed by atoms with E-state index in [2.05, 4.69) is 29.2 Å². The molecule has 0 aromatic carbocycles. The molecule has 1 aromatic rings. The molecule has 84 valence electrons. The van der Waals surface area contributed by atoms with E-state index in [1.165, 1.54) is 12.8 Å². The van der Waals surface area contributed by atoms with E-state index >= 15 is 0 Å². The Balaban J connectivity index is 1.89. The lowest BCUT2D eigenvalue weighted by Gasteiger charge is -2.11. The molecule has 1 fully saturated rings. The monoisotopic (exact) mass is 208 g/mol. The smallest absolute Gasteiger partial charge is 0.164 e. The lowest BCUT2D eigenvalue weighted by atomic mass is 10.2. The Morgan fingerprint density at radius 1 is 1.47 bits per heavy atom. The Morgan fingerprint density at radius 2 is 2.20 bits per heavy atom. The third-order valence-corrected chi connectivity index (χ3v) is 3.00. The van der Waals surface area contributed by atoms with E-state index < -0.39 is 0 Å². The van der Waals surface area contributed by atoms with Crippen LogP contribution in [0.4, 0.5) is 0 Å². The second kappa shape index (κ2) is 4.75. The zero-order valence-corrected chi connectivity index (χ0v) is 9.61. The average Bonchev–Trinajstić information content (AvgIpc) is 2.97. The van der Waals surface area contributed by atoms with Crippen LogP contribution >= 0.6 is 0 Å². The van der Waals surface area contributed by atoms with Crippen LogP contribution in [-0.2, 0) is 6.54 Å². The highest BCUT2D eigenvalue weighted by atomic mass is 15.3. The Kier molecular flexibility index (Phi) is 3.36. The standard InChI is InChI=1S/C11H20N4/c1-3-10(4-2)15-8-13-11(14-15)7-12-9-5-6-9/h8-10,12H,3-7H2,1-2H3. The lowest BCUT2D eigenvalue weighted by molar-refractivity contribution is 0.423. The number of aromatic nitrogens is 3. The van der Waals surface area contributed by atoms with E-state index in [1.54, 1.807) is 0 Å². The first-order valence-electron chi connectivity index (χ1n) is 5.96. The van der Waals surface area contributed by atoms with Gasteiger partial charge in [0.2, 0.25) is 0 Å². The number of hydrogen-bond donors (Lipinski definition) is 1. The second-order valence-electron chi connectivity index (χ2n) is 4.27. The van der Waals surface area contributed by atoms with Crippen molar-refractivity contribution in [1.82, 2.24) is 20.1 Å². The fourth-order valence-corrected chi connectivity index (χ4v) is 1.75. The van der Waals surface area contributed by atoms with Gasteiger partial charge in [-0.05, 0) is 25.7 Å². The predicted molar refractivity (Wildman–Crippen MR) is 59.5 cm³/mol. The Morgan fingerprint density at radius 3 is 2.80 bits per heavy atom. The number of hydrogen-bond acceptors (Lipinski definition) is 3. The van der Waals surface area contributed by atoms with E-state index in [4.69, 9.17) is 0 Å². The van der Waals surface area contributed by atoms with Gasteiger partial charge in [-0.1, -0.05) is 13.8 Å². The van der Waals surface area contributed by atoms with Gasteiger partial charge in [-0.2, -0.15) is 5.10 Å². The zero-order valence-electron chi connectivity index (χ0n) is 9.61. The molecule has 1 aliphatic carbocycles. The molecule has 0 amide bonds. The molecule has 0 bridgehead atoms. The summed E-state index contributed by atoms with van der Waals surface area (Å²) in [4.78, 5) is 4.32. The third-order valence-electron chi connectivity index (χ3n) is 3.00. The minimum Gasteiger partial charge on any atom is -0.307 e. The molecule has 1 aliphatic rings. The molecule has 0 radical (unpaired) electrons. The number of nitrogens with one attached hydrogen (secondary N) is 1. The average molecular weight is 208 g/mol. The molecule has 0 aliphatic heterocycles. The molecule has 1 aromatic heterocycles. The van der Waals surface area contributed by atoms with Crippen LogP contribution in [0.5, 0.6) is 0 Å². The highest BCUT2D eigenvalue weighted by molar-refractivity contribution is 4.87. The van der Waals surface area contributed by atoms with Crippen molar-refractivity contribution in [2.45, 2.75) is 58.2 Å². The van der Waals surface area contributed by atoms with Crippen molar-refractivity contribution < 1.29 is 0 Å². The second-order valence-corrected chi connectivity index (χ2v) is 4.27. The van der Waals surface area contributed by atoms with Crippen LogP contribution < -0.4 is 5.32 Å². The van der Waals surface area contributed by atoms with Gasteiger partial charge >= 0.3 is 0 Å². The first kappa shape index (κ1) is 10.6. The summed E-state index contributed by atoms with van der Waals surface area (Å²) in [6.45, 7) is 5.20. The van der Waals surface area contributed by atoms with Gasteiger partial charge in [-0.25, -0.2) is 9.67 Å². The summed E-state index contributed by atoms with van der Waals surface area (Å²) >= 11 is 0. The van der Waals surface area contributed by atoms with Crippen LogP contribution in [0.25, 0.3) is 0 Å². The van der Waals surface area contributed by atoms with Crippen molar-refractivity contribution in [3.05, 3.63) is 12.2 Å². The third kappa shape index (κ3) is 2.78. The maximum atomic E-state index is 4.50. The maximum Gasteiger partial charge on any atom is 0.164 e. The van der Waals surface area contributed by atoms with Crippen LogP contribution in [0.15, 0.2) is 6.33 Å². The molecule has 2 rings (SSSR count). The maximum absolute atomic E-state index is 4.50.